The highest BCUT2D eigenvalue weighted by Gasteiger charge is 2.38. The van der Waals surface area contributed by atoms with Crippen molar-refractivity contribution < 1.29 is 53.1 Å². The Balaban J connectivity index is 1.08. The molecule has 0 unspecified atom stereocenters. The number of amides is 9. The molecule has 114 heavy (non-hydrogen) atoms. The van der Waals surface area contributed by atoms with Crippen molar-refractivity contribution in [1.82, 2.24) is 78.8 Å². The lowest BCUT2D eigenvalue weighted by Gasteiger charge is -2.30. The standard InChI is InChI=1S/C81H108N22O11/c1-5-46(3)67(77(112)97-62(34-21-37-91-81(87)88)72(107)100-65(41-51-44-93-58-30-17-14-27-54(51)58)74(109)99-64(39-49-24-11-8-12-25-49)75(110)103-68(78(113)114)47(4)6-2)102-76(111)66(42-52-45-94-59-31-18-15-28-55(52)59)101-71(106)61(33-20-36-90-80(85)86)95-70(105)60(32-19-35-89-79(83)84)96-73(108)63(38-48-22-9-7-10-23-48)98-69(104)56(82)40-50-43-92-57-29-16-13-26-53(50)57/h7-18,22-31,43-47,56,60-68,92-94H,5-6,19-21,32-42,82H2,1-4H3,(H,95,105)(H,96,108)(H,97,112)(H,98,104)(H,99,109)(H,100,107)(H,101,106)(H,102,111)(H,103,110)(H,113,114)(H4,83,84,89)(H4,85,86,90)(H4,87,88,91)/t46-,47-,56-,60-,61-,62-,63-,64-,65-,66-,67-,68-/m0/s1. The molecule has 0 bridgehead atoms. The Hall–Kier alpha value is -12.8. The van der Waals surface area contributed by atoms with Gasteiger partial charge in [0, 0.05) is 96.6 Å². The number of carboxylic acid groups (broad SMARTS) is 1. The van der Waals surface area contributed by atoms with E-state index in [1.807, 2.05) is 54.6 Å². The van der Waals surface area contributed by atoms with Gasteiger partial charge in [-0.3, -0.25) is 59.4 Å². The number of rotatable bonds is 45. The number of H-pyrrole nitrogens is 3. The summed E-state index contributed by atoms with van der Waals surface area (Å²) < 4.78 is 0. The average Bonchev–Trinajstić information content (AvgIpc) is 1.68. The Labute approximate surface area is 660 Å². The maximum atomic E-state index is 15.5. The van der Waals surface area contributed by atoms with Gasteiger partial charge in [0.2, 0.25) is 53.2 Å². The minimum Gasteiger partial charge on any atom is -0.480 e. The largest absolute Gasteiger partial charge is 0.480 e. The summed E-state index contributed by atoms with van der Waals surface area (Å²) >= 11 is 0. The van der Waals surface area contributed by atoms with Crippen LogP contribution in [0.25, 0.3) is 32.7 Å². The van der Waals surface area contributed by atoms with Gasteiger partial charge in [0.15, 0.2) is 17.9 Å². The van der Waals surface area contributed by atoms with E-state index in [0.29, 0.717) is 50.5 Å². The van der Waals surface area contributed by atoms with E-state index in [-0.39, 0.29) is 115 Å². The number of para-hydroxylation sites is 3. The number of carboxylic acids is 1. The molecule has 5 aromatic carbocycles. The van der Waals surface area contributed by atoms with Gasteiger partial charge in [-0.25, -0.2) is 4.79 Å². The number of hydrogen-bond acceptors (Lipinski definition) is 14. The second kappa shape index (κ2) is 43.1. The van der Waals surface area contributed by atoms with Crippen molar-refractivity contribution in [2.45, 2.75) is 172 Å². The number of benzene rings is 5. The Morgan fingerprint density at radius 2 is 0.640 bits per heavy atom. The molecule has 3 heterocycles. The monoisotopic (exact) mass is 1560 g/mol. The number of carbonyl (C=O) groups excluding carboxylic acids is 9. The number of nitrogens with one attached hydrogen (secondary N) is 18. The quantitative estimate of drug-likeness (QED) is 0.0148. The van der Waals surface area contributed by atoms with Gasteiger partial charge in [-0.1, -0.05) is 156 Å². The third-order valence-electron chi connectivity index (χ3n) is 20.2. The molecule has 0 saturated heterocycles. The molecule has 0 fully saturated rings. The van der Waals surface area contributed by atoms with Crippen molar-refractivity contribution >= 4 is 110 Å². The summed E-state index contributed by atoms with van der Waals surface area (Å²) in [7, 11) is 0. The summed E-state index contributed by atoms with van der Waals surface area (Å²) in [5.74, 6) is -10.9. The predicted molar refractivity (Wildman–Crippen MR) is 436 cm³/mol. The molecule has 9 amide bonds. The summed E-state index contributed by atoms with van der Waals surface area (Å²) in [5.41, 5.74) is 29.0. The average molecular weight is 1570 g/mol. The van der Waals surface area contributed by atoms with E-state index in [4.69, 9.17) is 39.2 Å². The van der Waals surface area contributed by atoms with Crippen LogP contribution in [0, 0.1) is 28.1 Å². The molecule has 0 saturated carbocycles. The van der Waals surface area contributed by atoms with Crippen LogP contribution in [-0.4, -0.2) is 177 Å². The zero-order valence-corrected chi connectivity index (χ0v) is 64.5. The molecule has 27 N–H and O–H groups in total. The van der Waals surface area contributed by atoms with Crippen LogP contribution in [0.2, 0.25) is 0 Å². The molecule has 0 aliphatic carbocycles. The van der Waals surface area contributed by atoms with Crippen LogP contribution in [-0.2, 0) is 80.0 Å². The van der Waals surface area contributed by atoms with Gasteiger partial charge >= 0.3 is 5.97 Å². The van der Waals surface area contributed by atoms with E-state index in [1.54, 1.807) is 125 Å². The molecule has 8 aromatic rings. The van der Waals surface area contributed by atoms with E-state index < -0.39 is 131 Å². The maximum Gasteiger partial charge on any atom is 0.326 e. The lowest BCUT2D eigenvalue weighted by atomic mass is 9.96. The molecule has 3 aromatic heterocycles. The van der Waals surface area contributed by atoms with E-state index in [0.717, 1.165) is 16.5 Å². The minimum atomic E-state index is -1.53. The summed E-state index contributed by atoms with van der Waals surface area (Å²) in [5, 5.41) is 69.3. The number of aromatic amines is 3. The topological polar surface area (TPSA) is 558 Å². The fourth-order valence-corrected chi connectivity index (χ4v) is 13.4. The van der Waals surface area contributed by atoms with Crippen LogP contribution < -0.4 is 86.7 Å². The molecule has 0 aliphatic rings. The van der Waals surface area contributed by atoms with Gasteiger partial charge in [0.25, 0.3) is 0 Å². The molecule has 33 nitrogen and oxygen atoms in total. The number of hydrogen-bond donors (Lipinski definition) is 23. The zero-order valence-electron chi connectivity index (χ0n) is 64.5. The summed E-state index contributed by atoms with van der Waals surface area (Å²) in [6.45, 7) is 7.12. The molecule has 8 rings (SSSR count). The van der Waals surface area contributed by atoms with Gasteiger partial charge in [-0.05, 0) is 103 Å². The molecule has 0 radical (unpaired) electrons. The first kappa shape index (κ1) is 86.8. The fraction of sp³-hybridized carbons (Fsp3) is 0.395. The SMILES string of the molecule is CC[C@H](C)[C@H](NC(=O)[C@H](Cc1ccccc1)NC(=O)[C@H](Cc1c[nH]c2ccccc12)NC(=O)[C@H](CCCNC(=N)N)NC(=O)[C@@H](NC(=O)[C@H](Cc1c[nH]c2ccccc12)NC(=O)[C@H](CCCNC(=N)N)NC(=O)[C@H](CCCNC(=N)N)NC(=O)[C@H](Cc1ccccc1)NC(=O)[C@@H](N)Cc1c[nH]c2ccccc12)[C@@H](C)CC)C(=O)O. The highest BCUT2D eigenvalue weighted by atomic mass is 16.4. The zero-order chi connectivity index (χ0) is 82.4. The van der Waals surface area contributed by atoms with Crippen molar-refractivity contribution in [3.63, 3.8) is 0 Å². The third-order valence-corrected chi connectivity index (χ3v) is 20.2. The molecule has 608 valence electrons. The smallest absolute Gasteiger partial charge is 0.326 e. The first-order valence-electron chi connectivity index (χ1n) is 38.4. The van der Waals surface area contributed by atoms with E-state index in [2.05, 4.69) is 78.8 Å². The molecule has 0 aliphatic heterocycles. The fourth-order valence-electron chi connectivity index (χ4n) is 13.4. The number of guanidine groups is 3. The van der Waals surface area contributed by atoms with Crippen molar-refractivity contribution in [2.24, 2.45) is 34.8 Å². The van der Waals surface area contributed by atoms with Gasteiger partial charge in [-0.15, -0.1) is 0 Å². The summed E-state index contributed by atoms with van der Waals surface area (Å²) in [6.07, 6.45) is 5.40. The maximum absolute atomic E-state index is 15.5. The molecular weight excluding hydrogens is 1460 g/mol. The molecule has 12 atom stereocenters. The van der Waals surface area contributed by atoms with Crippen LogP contribution in [0.4, 0.5) is 0 Å². The number of aliphatic carboxylic acids is 1. The Kier molecular flexibility index (Phi) is 32.8. The lowest BCUT2D eigenvalue weighted by molar-refractivity contribution is -0.144. The Morgan fingerprint density at radius 1 is 0.360 bits per heavy atom. The van der Waals surface area contributed by atoms with Gasteiger partial charge in [0.05, 0.1) is 6.04 Å². The molecule has 0 spiro atoms. The predicted octanol–water partition coefficient (Wildman–Crippen LogP) is 2.30. The highest BCUT2D eigenvalue weighted by Crippen LogP contribution is 2.24. The Bertz CT molecular complexity index is 4620. The van der Waals surface area contributed by atoms with E-state index in [9.17, 15) is 24.3 Å². The van der Waals surface area contributed by atoms with Gasteiger partial charge < -0.3 is 107 Å². The number of fused-ring (bicyclic) bond motifs is 3. The Morgan fingerprint density at radius 3 is 0.991 bits per heavy atom. The second-order valence-corrected chi connectivity index (χ2v) is 28.6. The highest BCUT2D eigenvalue weighted by molar-refractivity contribution is 6.00. The number of nitrogens with two attached hydrogens (primary N) is 4. The van der Waals surface area contributed by atoms with Crippen molar-refractivity contribution in [3.8, 4) is 0 Å². The van der Waals surface area contributed by atoms with Crippen molar-refractivity contribution in [2.75, 3.05) is 19.6 Å². The van der Waals surface area contributed by atoms with Crippen LogP contribution in [0.5, 0.6) is 0 Å². The van der Waals surface area contributed by atoms with E-state index >= 15 is 28.8 Å². The van der Waals surface area contributed by atoms with Crippen LogP contribution in [0.15, 0.2) is 152 Å². The third kappa shape index (κ3) is 25.9. The molecule has 33 heteroatoms. The van der Waals surface area contributed by atoms with Gasteiger partial charge in [-0.2, -0.15) is 0 Å². The minimum absolute atomic E-state index is 0.0323. The first-order chi connectivity index (χ1) is 54.7. The summed E-state index contributed by atoms with van der Waals surface area (Å²) in [6, 6.07) is 25.7. The van der Waals surface area contributed by atoms with Crippen LogP contribution in [0.3, 0.4) is 0 Å². The lowest BCUT2D eigenvalue weighted by Crippen LogP contribution is -2.62. The first-order valence-corrected chi connectivity index (χ1v) is 38.4. The number of carbonyl (C=O) groups is 10. The second-order valence-electron chi connectivity index (χ2n) is 28.6. The molecular formula is C81H108N22O11. The number of aromatic nitrogens is 3. The van der Waals surface area contributed by atoms with Gasteiger partial charge in [0.1, 0.15) is 54.4 Å². The van der Waals surface area contributed by atoms with E-state index in [1.165, 1.54) is 0 Å². The van der Waals surface area contributed by atoms with Crippen LogP contribution in [0.1, 0.15) is 107 Å². The van der Waals surface area contributed by atoms with Crippen molar-refractivity contribution in [3.05, 3.63) is 180 Å². The normalized spacial score (nSPS) is 14.4. The van der Waals surface area contributed by atoms with Crippen LogP contribution >= 0.6 is 0 Å². The van der Waals surface area contributed by atoms with Crippen molar-refractivity contribution in [1.29, 1.82) is 16.2 Å². The summed E-state index contributed by atoms with van der Waals surface area (Å²) in [4.78, 5) is 157.